The molecule has 68 valence electrons. The maximum atomic E-state index is 11.2. The summed E-state index contributed by atoms with van der Waals surface area (Å²) in [5, 5.41) is 16.7. The summed E-state index contributed by atoms with van der Waals surface area (Å²) >= 11 is 0.990. The molecule has 3 atom stereocenters. The highest BCUT2D eigenvalue weighted by atomic mass is 32.2. The molecule has 0 aromatic heterocycles. The number of thioether (sulfide) groups is 1. The Balaban J connectivity index is 2.95. The molecule has 4 nitrogen and oxygen atoms in total. The van der Waals surface area contributed by atoms with Crippen LogP contribution in [0.4, 0.5) is 0 Å². The number of carbonyl (C=O) groups is 2. The minimum atomic E-state index is -1.71. The summed E-state index contributed by atoms with van der Waals surface area (Å²) in [5.41, 5.74) is -1.71. The summed E-state index contributed by atoms with van der Waals surface area (Å²) in [6.07, 6.45) is 0. The molecule has 3 unspecified atom stereocenters. The van der Waals surface area contributed by atoms with Gasteiger partial charge in [0.1, 0.15) is 10.9 Å². The van der Waals surface area contributed by atoms with Crippen molar-refractivity contribution in [3.63, 3.8) is 0 Å². The normalized spacial score (nSPS) is 41.8. The molecule has 0 bridgehead atoms. The molecule has 0 saturated carbocycles. The molecule has 1 saturated heterocycles. The second-order valence-corrected chi connectivity index (χ2v) is 4.46. The van der Waals surface area contributed by atoms with Crippen molar-refractivity contribution in [3.8, 4) is 0 Å². The van der Waals surface area contributed by atoms with Crippen LogP contribution in [0.3, 0.4) is 0 Å². The Hall–Kier alpha value is -0.550. The molecule has 1 aliphatic rings. The van der Waals surface area contributed by atoms with E-state index in [4.69, 9.17) is 5.11 Å². The van der Waals surface area contributed by atoms with Crippen molar-refractivity contribution in [1.29, 1.82) is 0 Å². The third-order valence-corrected chi connectivity index (χ3v) is 3.50. The van der Waals surface area contributed by atoms with Gasteiger partial charge in [-0.15, -0.1) is 11.8 Å². The van der Waals surface area contributed by atoms with Crippen LogP contribution in [0.1, 0.15) is 13.8 Å². The van der Waals surface area contributed by atoms with E-state index in [-0.39, 0.29) is 0 Å². The van der Waals surface area contributed by atoms with Gasteiger partial charge in [0, 0.05) is 0 Å². The van der Waals surface area contributed by atoms with E-state index in [1.807, 2.05) is 0 Å². The molecule has 0 aliphatic carbocycles. The van der Waals surface area contributed by atoms with E-state index in [1.165, 1.54) is 6.92 Å². The van der Waals surface area contributed by atoms with Crippen LogP contribution in [-0.4, -0.2) is 38.1 Å². The van der Waals surface area contributed by atoms with Gasteiger partial charge in [-0.3, -0.25) is 9.59 Å². The molecule has 0 amide bonds. The number of hydrogen-bond acceptors (Lipinski definition) is 4. The predicted molar refractivity (Wildman–Crippen MR) is 44.1 cm³/mol. The Bertz CT molecular complexity index is 236. The lowest BCUT2D eigenvalue weighted by atomic mass is 9.95. The summed E-state index contributed by atoms with van der Waals surface area (Å²) in [4.78, 5) is 21.8. The number of aliphatic hydroxyl groups is 1. The number of Topliss-reactive ketones (excluding diaryl/α,β-unsaturated/α-hetero) is 1. The minimum absolute atomic E-state index is 0.403. The zero-order chi connectivity index (χ0) is 9.52. The Morgan fingerprint density at radius 2 is 2.17 bits per heavy atom. The SMILES string of the molecule is CC1SC(C(=O)O)C(C)(O)C1=O. The van der Waals surface area contributed by atoms with E-state index < -0.39 is 27.9 Å². The first-order chi connectivity index (χ1) is 5.37. The highest BCUT2D eigenvalue weighted by Gasteiger charge is 2.53. The molecular weight excluding hydrogens is 180 g/mol. The van der Waals surface area contributed by atoms with Gasteiger partial charge in [-0.25, -0.2) is 0 Å². The van der Waals surface area contributed by atoms with Gasteiger partial charge in [-0.1, -0.05) is 0 Å². The molecule has 0 radical (unpaired) electrons. The minimum Gasteiger partial charge on any atom is -0.480 e. The topological polar surface area (TPSA) is 74.6 Å². The number of ketones is 1. The zero-order valence-electron chi connectivity index (χ0n) is 6.77. The lowest BCUT2D eigenvalue weighted by Crippen LogP contribution is -2.44. The van der Waals surface area contributed by atoms with E-state index >= 15 is 0 Å². The summed E-state index contributed by atoms with van der Waals surface area (Å²) < 4.78 is 0. The fourth-order valence-electron chi connectivity index (χ4n) is 1.24. The van der Waals surface area contributed by atoms with Gasteiger partial charge in [-0.05, 0) is 13.8 Å². The van der Waals surface area contributed by atoms with E-state index in [9.17, 15) is 14.7 Å². The average Bonchev–Trinajstić information content (AvgIpc) is 2.13. The van der Waals surface area contributed by atoms with Gasteiger partial charge >= 0.3 is 5.97 Å². The Kier molecular flexibility index (Phi) is 2.18. The number of carbonyl (C=O) groups excluding carboxylic acids is 1. The van der Waals surface area contributed by atoms with Crippen LogP contribution in [0.2, 0.25) is 0 Å². The summed E-state index contributed by atoms with van der Waals surface area (Å²) in [5.74, 6) is -1.54. The predicted octanol–water partition coefficient (Wildman–Crippen LogP) is -0.105. The van der Waals surface area contributed by atoms with Crippen molar-refractivity contribution >= 4 is 23.5 Å². The molecular formula is C7H10O4S. The van der Waals surface area contributed by atoms with Crippen LogP contribution in [0, 0.1) is 0 Å². The van der Waals surface area contributed by atoms with E-state index in [2.05, 4.69) is 0 Å². The van der Waals surface area contributed by atoms with Gasteiger partial charge in [0.2, 0.25) is 0 Å². The van der Waals surface area contributed by atoms with Crippen LogP contribution in [0.25, 0.3) is 0 Å². The van der Waals surface area contributed by atoms with Crippen LogP contribution in [-0.2, 0) is 9.59 Å². The van der Waals surface area contributed by atoms with Crippen molar-refractivity contribution in [2.24, 2.45) is 0 Å². The molecule has 1 heterocycles. The van der Waals surface area contributed by atoms with Crippen LogP contribution in [0.5, 0.6) is 0 Å². The first-order valence-corrected chi connectivity index (χ1v) is 4.46. The number of carboxylic acids is 1. The molecule has 2 N–H and O–H groups in total. The van der Waals surface area contributed by atoms with Crippen LogP contribution < -0.4 is 0 Å². The van der Waals surface area contributed by atoms with Crippen molar-refractivity contribution in [2.45, 2.75) is 29.9 Å². The second-order valence-electron chi connectivity index (χ2n) is 3.01. The molecule has 5 heteroatoms. The Labute approximate surface area is 74.0 Å². The quantitative estimate of drug-likeness (QED) is 0.603. The fourth-order valence-corrected chi connectivity index (χ4v) is 2.51. The smallest absolute Gasteiger partial charge is 0.320 e. The maximum Gasteiger partial charge on any atom is 0.320 e. The fraction of sp³-hybridized carbons (Fsp3) is 0.714. The van der Waals surface area contributed by atoms with Crippen molar-refractivity contribution in [3.05, 3.63) is 0 Å². The third-order valence-electron chi connectivity index (χ3n) is 1.94. The third kappa shape index (κ3) is 1.23. The number of rotatable bonds is 1. The summed E-state index contributed by atoms with van der Waals surface area (Å²) in [6, 6.07) is 0. The van der Waals surface area contributed by atoms with Crippen LogP contribution in [0.15, 0.2) is 0 Å². The first kappa shape index (κ1) is 9.54. The largest absolute Gasteiger partial charge is 0.480 e. The molecule has 0 aromatic rings. The van der Waals surface area contributed by atoms with Crippen molar-refractivity contribution < 1.29 is 19.8 Å². The average molecular weight is 190 g/mol. The number of aliphatic carboxylic acids is 1. The lowest BCUT2D eigenvalue weighted by Gasteiger charge is -2.18. The Morgan fingerprint density at radius 1 is 1.67 bits per heavy atom. The van der Waals surface area contributed by atoms with E-state index in [0.29, 0.717) is 0 Å². The van der Waals surface area contributed by atoms with Crippen molar-refractivity contribution in [1.82, 2.24) is 0 Å². The van der Waals surface area contributed by atoms with E-state index in [1.54, 1.807) is 6.92 Å². The molecule has 1 aliphatic heterocycles. The standard InChI is InChI=1S/C7H10O4S/c1-3-4(8)7(2,11)5(12-3)6(9)10/h3,5,11H,1-2H3,(H,9,10). The van der Waals surface area contributed by atoms with Crippen molar-refractivity contribution in [2.75, 3.05) is 0 Å². The molecule has 1 fully saturated rings. The monoisotopic (exact) mass is 190 g/mol. The molecule has 0 aromatic carbocycles. The molecule has 12 heavy (non-hydrogen) atoms. The highest BCUT2D eigenvalue weighted by Crippen LogP contribution is 2.38. The number of hydrogen-bond donors (Lipinski definition) is 2. The van der Waals surface area contributed by atoms with E-state index in [0.717, 1.165) is 11.8 Å². The summed E-state index contributed by atoms with van der Waals surface area (Å²) in [7, 11) is 0. The first-order valence-electron chi connectivity index (χ1n) is 3.52. The maximum absolute atomic E-state index is 11.2. The Morgan fingerprint density at radius 3 is 2.33 bits per heavy atom. The lowest BCUT2D eigenvalue weighted by molar-refractivity contribution is -0.146. The van der Waals surface area contributed by atoms with Gasteiger partial charge in [0.05, 0.1) is 5.25 Å². The van der Waals surface area contributed by atoms with Gasteiger partial charge in [0.15, 0.2) is 5.78 Å². The van der Waals surface area contributed by atoms with Gasteiger partial charge in [-0.2, -0.15) is 0 Å². The molecule has 1 rings (SSSR count). The van der Waals surface area contributed by atoms with Gasteiger partial charge < -0.3 is 10.2 Å². The molecule has 0 spiro atoms. The second kappa shape index (κ2) is 2.74. The zero-order valence-corrected chi connectivity index (χ0v) is 7.59. The van der Waals surface area contributed by atoms with Crippen LogP contribution >= 0.6 is 11.8 Å². The summed E-state index contributed by atoms with van der Waals surface area (Å²) in [6.45, 7) is 2.86. The van der Waals surface area contributed by atoms with Gasteiger partial charge in [0.25, 0.3) is 0 Å². The number of carboxylic acid groups (broad SMARTS) is 1. The highest BCUT2D eigenvalue weighted by molar-refractivity contribution is 8.02.